The molecule has 116 valence electrons. The summed E-state index contributed by atoms with van der Waals surface area (Å²) < 4.78 is 0. The first-order chi connectivity index (χ1) is 10.4. The maximum atomic E-state index is 4.65. The van der Waals surface area contributed by atoms with E-state index in [-0.39, 0.29) is 0 Å². The van der Waals surface area contributed by atoms with Crippen molar-refractivity contribution in [2.24, 2.45) is 0 Å². The summed E-state index contributed by atoms with van der Waals surface area (Å²) in [6, 6.07) is 6.79. The van der Waals surface area contributed by atoms with Crippen LogP contribution in [0.2, 0.25) is 0 Å². The molecule has 0 aliphatic carbocycles. The van der Waals surface area contributed by atoms with Gasteiger partial charge in [0.05, 0.1) is 11.7 Å². The molecule has 1 atom stereocenters. The predicted octanol–water partition coefficient (Wildman–Crippen LogP) is 1.90. The fraction of sp³-hybridized carbons (Fsp3) is 0.706. The molecule has 0 spiro atoms. The van der Waals surface area contributed by atoms with Crippen molar-refractivity contribution in [1.82, 2.24) is 20.1 Å². The average Bonchev–Trinajstić information content (AvgIpc) is 2.83. The van der Waals surface area contributed by atoms with Gasteiger partial charge in [0.1, 0.15) is 0 Å². The molecule has 4 heteroatoms. The van der Waals surface area contributed by atoms with Crippen molar-refractivity contribution in [2.45, 2.75) is 31.7 Å². The summed E-state index contributed by atoms with van der Waals surface area (Å²) in [7, 11) is 0. The van der Waals surface area contributed by atoms with E-state index in [4.69, 9.17) is 0 Å². The molecule has 0 amide bonds. The van der Waals surface area contributed by atoms with Crippen LogP contribution in [0.15, 0.2) is 24.4 Å². The molecule has 0 bridgehead atoms. The summed E-state index contributed by atoms with van der Waals surface area (Å²) in [5.41, 5.74) is 1.24. The Hall–Kier alpha value is -0.970. The highest BCUT2D eigenvalue weighted by molar-refractivity contribution is 5.10. The largest absolute Gasteiger partial charge is 0.314 e. The van der Waals surface area contributed by atoms with Crippen molar-refractivity contribution < 1.29 is 0 Å². The molecule has 2 aliphatic rings. The zero-order valence-corrected chi connectivity index (χ0v) is 13.0. The van der Waals surface area contributed by atoms with E-state index in [0.717, 1.165) is 32.7 Å². The van der Waals surface area contributed by atoms with Crippen molar-refractivity contribution in [3.05, 3.63) is 30.1 Å². The molecule has 2 fully saturated rings. The summed E-state index contributed by atoms with van der Waals surface area (Å²) in [4.78, 5) is 9.93. The normalized spacial score (nSPS) is 23.6. The van der Waals surface area contributed by atoms with Crippen molar-refractivity contribution in [1.29, 1.82) is 0 Å². The minimum atomic E-state index is 0.450. The van der Waals surface area contributed by atoms with Gasteiger partial charge in [-0.05, 0) is 38.1 Å². The molecule has 1 aromatic rings. The van der Waals surface area contributed by atoms with E-state index in [1.165, 1.54) is 44.5 Å². The Morgan fingerprint density at radius 2 is 1.76 bits per heavy atom. The summed E-state index contributed by atoms with van der Waals surface area (Å²) in [5, 5.41) is 3.46. The number of nitrogens with one attached hydrogen (secondary N) is 1. The zero-order chi connectivity index (χ0) is 14.3. The standard InChI is InChI=1S/C17H28N4/c1-2-6-12-20(11-5-1)15-17(16-7-3-4-8-19-16)21-13-9-18-10-14-21/h3-4,7-8,17-18H,1-2,5-6,9-15H2. The van der Waals surface area contributed by atoms with E-state index < -0.39 is 0 Å². The van der Waals surface area contributed by atoms with E-state index in [0.29, 0.717) is 6.04 Å². The monoisotopic (exact) mass is 288 g/mol. The minimum Gasteiger partial charge on any atom is -0.314 e. The van der Waals surface area contributed by atoms with E-state index in [1.807, 2.05) is 12.3 Å². The quantitative estimate of drug-likeness (QED) is 0.917. The van der Waals surface area contributed by atoms with Crippen LogP contribution in [0.5, 0.6) is 0 Å². The molecular formula is C17H28N4. The first-order valence-corrected chi connectivity index (χ1v) is 8.51. The number of hydrogen-bond acceptors (Lipinski definition) is 4. The van der Waals surface area contributed by atoms with Crippen LogP contribution in [0.1, 0.15) is 37.4 Å². The van der Waals surface area contributed by atoms with E-state index in [2.05, 4.69) is 32.2 Å². The second-order valence-electron chi connectivity index (χ2n) is 6.27. The molecule has 2 saturated heterocycles. The van der Waals surface area contributed by atoms with Crippen LogP contribution in [0.4, 0.5) is 0 Å². The number of aromatic nitrogens is 1. The molecule has 0 radical (unpaired) electrons. The maximum absolute atomic E-state index is 4.65. The first-order valence-electron chi connectivity index (χ1n) is 8.51. The molecule has 2 aliphatic heterocycles. The van der Waals surface area contributed by atoms with E-state index in [9.17, 15) is 0 Å². The van der Waals surface area contributed by atoms with Gasteiger partial charge in [-0.1, -0.05) is 18.9 Å². The van der Waals surface area contributed by atoms with Crippen LogP contribution in [0.25, 0.3) is 0 Å². The number of pyridine rings is 1. The molecule has 1 aromatic heterocycles. The Morgan fingerprint density at radius 1 is 1.00 bits per heavy atom. The Morgan fingerprint density at radius 3 is 2.43 bits per heavy atom. The molecule has 21 heavy (non-hydrogen) atoms. The Bertz CT molecular complexity index is 395. The van der Waals surface area contributed by atoms with Gasteiger partial charge >= 0.3 is 0 Å². The van der Waals surface area contributed by atoms with Crippen LogP contribution in [-0.2, 0) is 0 Å². The molecule has 0 aromatic carbocycles. The summed E-state index contributed by atoms with van der Waals surface area (Å²) in [6.45, 7) is 8.12. The lowest BCUT2D eigenvalue weighted by Crippen LogP contribution is -2.48. The van der Waals surface area contributed by atoms with Crippen molar-refractivity contribution in [2.75, 3.05) is 45.8 Å². The number of likely N-dealkylation sites (tertiary alicyclic amines) is 1. The molecular weight excluding hydrogens is 260 g/mol. The minimum absolute atomic E-state index is 0.450. The average molecular weight is 288 g/mol. The molecule has 1 unspecified atom stereocenters. The Labute approximate surface area is 128 Å². The Kier molecular flexibility index (Phi) is 5.60. The molecule has 0 saturated carbocycles. The van der Waals surface area contributed by atoms with Gasteiger partial charge < -0.3 is 10.2 Å². The van der Waals surface area contributed by atoms with Gasteiger partial charge in [-0.15, -0.1) is 0 Å². The second kappa shape index (κ2) is 7.87. The van der Waals surface area contributed by atoms with Gasteiger partial charge in [-0.25, -0.2) is 0 Å². The molecule has 3 heterocycles. The predicted molar refractivity (Wildman–Crippen MR) is 86.3 cm³/mol. The van der Waals surface area contributed by atoms with Crippen LogP contribution < -0.4 is 5.32 Å². The van der Waals surface area contributed by atoms with Gasteiger partial charge in [0.25, 0.3) is 0 Å². The lowest BCUT2D eigenvalue weighted by atomic mass is 10.1. The van der Waals surface area contributed by atoms with Gasteiger partial charge in [-0.3, -0.25) is 9.88 Å². The summed E-state index contributed by atoms with van der Waals surface area (Å²) in [5.74, 6) is 0. The smallest absolute Gasteiger partial charge is 0.0650 e. The van der Waals surface area contributed by atoms with Crippen LogP contribution in [-0.4, -0.2) is 60.6 Å². The molecule has 3 rings (SSSR count). The Balaban J connectivity index is 1.71. The lowest BCUT2D eigenvalue weighted by molar-refractivity contribution is 0.123. The van der Waals surface area contributed by atoms with Crippen LogP contribution in [0, 0.1) is 0 Å². The molecule has 1 N–H and O–H groups in total. The van der Waals surface area contributed by atoms with Crippen molar-refractivity contribution >= 4 is 0 Å². The third kappa shape index (κ3) is 4.25. The van der Waals surface area contributed by atoms with E-state index in [1.54, 1.807) is 0 Å². The van der Waals surface area contributed by atoms with Gasteiger partial charge in [0.15, 0.2) is 0 Å². The van der Waals surface area contributed by atoms with Crippen LogP contribution >= 0.6 is 0 Å². The highest BCUT2D eigenvalue weighted by Crippen LogP contribution is 2.22. The fourth-order valence-electron chi connectivity index (χ4n) is 3.53. The maximum Gasteiger partial charge on any atom is 0.0650 e. The topological polar surface area (TPSA) is 31.4 Å². The third-order valence-electron chi connectivity index (χ3n) is 4.75. The first kappa shape index (κ1) is 14.9. The number of rotatable bonds is 4. The third-order valence-corrected chi connectivity index (χ3v) is 4.75. The lowest BCUT2D eigenvalue weighted by Gasteiger charge is -2.37. The SMILES string of the molecule is c1ccc(C(CN2CCCCCC2)N2CCNCC2)nc1. The number of hydrogen-bond donors (Lipinski definition) is 1. The zero-order valence-electron chi connectivity index (χ0n) is 13.0. The van der Waals surface area contributed by atoms with Gasteiger partial charge in [0, 0.05) is 38.9 Å². The number of piperazine rings is 1. The molecule has 4 nitrogen and oxygen atoms in total. The fourth-order valence-corrected chi connectivity index (χ4v) is 3.53. The summed E-state index contributed by atoms with van der Waals surface area (Å²) >= 11 is 0. The van der Waals surface area contributed by atoms with Crippen molar-refractivity contribution in [3.63, 3.8) is 0 Å². The summed E-state index contributed by atoms with van der Waals surface area (Å²) in [6.07, 6.45) is 7.46. The second-order valence-corrected chi connectivity index (χ2v) is 6.27. The van der Waals surface area contributed by atoms with Crippen LogP contribution in [0.3, 0.4) is 0 Å². The van der Waals surface area contributed by atoms with Crippen molar-refractivity contribution in [3.8, 4) is 0 Å². The van der Waals surface area contributed by atoms with E-state index >= 15 is 0 Å². The highest BCUT2D eigenvalue weighted by Gasteiger charge is 2.25. The number of nitrogens with zero attached hydrogens (tertiary/aromatic N) is 3. The van der Waals surface area contributed by atoms with Gasteiger partial charge in [-0.2, -0.15) is 0 Å². The van der Waals surface area contributed by atoms with Gasteiger partial charge in [0.2, 0.25) is 0 Å². The highest BCUT2D eigenvalue weighted by atomic mass is 15.3.